The third-order valence-electron chi connectivity index (χ3n) is 2.12. The van der Waals surface area contributed by atoms with E-state index in [2.05, 4.69) is 13.5 Å². The molecule has 0 heterocycles. The highest BCUT2D eigenvalue weighted by Crippen LogP contribution is 2.24. The van der Waals surface area contributed by atoms with Crippen molar-refractivity contribution in [1.82, 2.24) is 0 Å². The Morgan fingerprint density at radius 3 is 2.85 bits per heavy atom. The molecule has 0 saturated carbocycles. The van der Waals surface area contributed by atoms with Crippen LogP contribution in [0.25, 0.3) is 0 Å². The van der Waals surface area contributed by atoms with Gasteiger partial charge in [0.15, 0.2) is 0 Å². The highest BCUT2D eigenvalue weighted by molar-refractivity contribution is 6.31. The molecule has 0 radical (unpaired) electrons. The predicted molar refractivity (Wildman–Crippen MR) is 58.0 cm³/mol. The van der Waals surface area contributed by atoms with Crippen LogP contribution in [0.1, 0.15) is 24.1 Å². The molecular weight excluding hydrogens is 182 g/mol. The van der Waals surface area contributed by atoms with Crippen LogP contribution in [0.5, 0.6) is 0 Å². The summed E-state index contributed by atoms with van der Waals surface area (Å²) in [5.74, 6) is 0. The van der Waals surface area contributed by atoms with Gasteiger partial charge in [0.2, 0.25) is 0 Å². The SMILES string of the molecule is C=CC(N)c1cccc(Cl)c1CC. The number of nitrogens with two attached hydrogens (primary N) is 1. The van der Waals surface area contributed by atoms with Crippen LogP contribution >= 0.6 is 11.6 Å². The lowest BCUT2D eigenvalue weighted by atomic mass is 9.99. The summed E-state index contributed by atoms with van der Waals surface area (Å²) < 4.78 is 0. The Labute approximate surface area is 84.2 Å². The molecule has 1 rings (SSSR count). The Morgan fingerprint density at radius 2 is 2.31 bits per heavy atom. The summed E-state index contributed by atoms with van der Waals surface area (Å²) in [4.78, 5) is 0. The molecular formula is C11H14ClN. The van der Waals surface area contributed by atoms with E-state index >= 15 is 0 Å². The Morgan fingerprint density at radius 1 is 1.62 bits per heavy atom. The normalized spacial score (nSPS) is 12.5. The van der Waals surface area contributed by atoms with Gasteiger partial charge in [-0.25, -0.2) is 0 Å². The van der Waals surface area contributed by atoms with Gasteiger partial charge in [-0.3, -0.25) is 0 Å². The van der Waals surface area contributed by atoms with Crippen molar-refractivity contribution in [3.05, 3.63) is 47.0 Å². The fraction of sp³-hybridized carbons (Fsp3) is 0.273. The molecule has 0 saturated heterocycles. The summed E-state index contributed by atoms with van der Waals surface area (Å²) in [5, 5.41) is 0.789. The second kappa shape index (κ2) is 4.45. The lowest BCUT2D eigenvalue weighted by Gasteiger charge is -2.13. The summed E-state index contributed by atoms with van der Waals surface area (Å²) in [6.07, 6.45) is 2.63. The summed E-state index contributed by atoms with van der Waals surface area (Å²) in [7, 11) is 0. The van der Waals surface area contributed by atoms with E-state index < -0.39 is 0 Å². The topological polar surface area (TPSA) is 26.0 Å². The maximum absolute atomic E-state index is 6.04. The average Bonchev–Trinajstić information content (AvgIpc) is 2.16. The minimum Gasteiger partial charge on any atom is -0.321 e. The number of hydrogen-bond donors (Lipinski definition) is 1. The molecule has 1 unspecified atom stereocenters. The molecule has 0 spiro atoms. The van der Waals surface area contributed by atoms with Crippen molar-refractivity contribution in [3.8, 4) is 0 Å². The van der Waals surface area contributed by atoms with Crippen molar-refractivity contribution in [2.75, 3.05) is 0 Å². The first-order chi connectivity index (χ1) is 6.20. The van der Waals surface area contributed by atoms with Crippen LogP contribution in [0, 0.1) is 0 Å². The van der Waals surface area contributed by atoms with Gasteiger partial charge in [0, 0.05) is 11.1 Å². The van der Waals surface area contributed by atoms with Gasteiger partial charge in [0.05, 0.1) is 0 Å². The molecule has 0 amide bonds. The molecule has 2 heteroatoms. The highest BCUT2D eigenvalue weighted by Gasteiger charge is 2.08. The van der Waals surface area contributed by atoms with Gasteiger partial charge in [-0.1, -0.05) is 36.7 Å². The number of rotatable bonds is 3. The number of benzene rings is 1. The maximum Gasteiger partial charge on any atom is 0.0481 e. The summed E-state index contributed by atoms with van der Waals surface area (Å²) in [5.41, 5.74) is 8.06. The molecule has 0 aliphatic carbocycles. The maximum atomic E-state index is 6.04. The lowest BCUT2D eigenvalue weighted by Crippen LogP contribution is -2.09. The predicted octanol–water partition coefficient (Wildman–Crippen LogP) is 3.09. The fourth-order valence-electron chi connectivity index (χ4n) is 1.39. The third kappa shape index (κ3) is 2.11. The van der Waals surface area contributed by atoms with Gasteiger partial charge in [-0.15, -0.1) is 6.58 Å². The van der Waals surface area contributed by atoms with Crippen molar-refractivity contribution < 1.29 is 0 Å². The summed E-state index contributed by atoms with van der Waals surface area (Å²) >= 11 is 6.04. The molecule has 0 aliphatic rings. The smallest absolute Gasteiger partial charge is 0.0481 e. The molecule has 70 valence electrons. The van der Waals surface area contributed by atoms with E-state index in [0.29, 0.717) is 0 Å². The van der Waals surface area contributed by atoms with E-state index in [1.165, 1.54) is 0 Å². The van der Waals surface area contributed by atoms with Crippen molar-refractivity contribution in [2.24, 2.45) is 5.73 Å². The van der Waals surface area contributed by atoms with Gasteiger partial charge in [0.1, 0.15) is 0 Å². The largest absolute Gasteiger partial charge is 0.321 e. The summed E-state index contributed by atoms with van der Waals surface area (Å²) in [6, 6.07) is 5.69. The van der Waals surface area contributed by atoms with Crippen LogP contribution in [-0.4, -0.2) is 0 Å². The fourth-order valence-corrected chi connectivity index (χ4v) is 1.70. The molecule has 0 aliphatic heterocycles. The van der Waals surface area contributed by atoms with Gasteiger partial charge < -0.3 is 5.73 Å². The molecule has 13 heavy (non-hydrogen) atoms. The standard InChI is InChI=1S/C11H14ClN/c1-3-8-9(11(13)4-2)6-5-7-10(8)12/h4-7,11H,2-3,13H2,1H3. The molecule has 2 N–H and O–H groups in total. The number of hydrogen-bond acceptors (Lipinski definition) is 1. The first-order valence-electron chi connectivity index (χ1n) is 4.36. The van der Waals surface area contributed by atoms with Crippen molar-refractivity contribution in [1.29, 1.82) is 0 Å². The van der Waals surface area contributed by atoms with Gasteiger partial charge in [-0.05, 0) is 23.6 Å². The molecule has 1 aromatic carbocycles. The van der Waals surface area contributed by atoms with Crippen LogP contribution in [0.15, 0.2) is 30.9 Å². The molecule has 1 atom stereocenters. The van der Waals surface area contributed by atoms with Gasteiger partial charge in [0.25, 0.3) is 0 Å². The lowest BCUT2D eigenvalue weighted by molar-refractivity contribution is 0.886. The summed E-state index contributed by atoms with van der Waals surface area (Å²) in [6.45, 7) is 5.74. The van der Waals surface area contributed by atoms with Crippen molar-refractivity contribution in [2.45, 2.75) is 19.4 Å². The van der Waals surface area contributed by atoms with Gasteiger partial charge in [-0.2, -0.15) is 0 Å². The van der Waals surface area contributed by atoms with Crippen molar-refractivity contribution >= 4 is 11.6 Å². The van der Waals surface area contributed by atoms with E-state index in [0.717, 1.165) is 22.6 Å². The molecule has 0 bridgehead atoms. The quantitative estimate of drug-likeness (QED) is 0.738. The minimum absolute atomic E-state index is 0.117. The zero-order valence-electron chi connectivity index (χ0n) is 7.76. The monoisotopic (exact) mass is 195 g/mol. The molecule has 0 fully saturated rings. The first kappa shape index (κ1) is 10.3. The van der Waals surface area contributed by atoms with Gasteiger partial charge >= 0.3 is 0 Å². The van der Waals surface area contributed by atoms with Crippen LogP contribution in [-0.2, 0) is 6.42 Å². The Balaban J connectivity index is 3.19. The Bertz CT molecular complexity index is 307. The van der Waals surface area contributed by atoms with E-state index in [1.807, 2.05) is 18.2 Å². The van der Waals surface area contributed by atoms with Crippen molar-refractivity contribution in [3.63, 3.8) is 0 Å². The number of halogens is 1. The second-order valence-corrected chi connectivity index (χ2v) is 3.33. The van der Waals surface area contributed by atoms with Crippen LogP contribution < -0.4 is 5.73 Å². The first-order valence-corrected chi connectivity index (χ1v) is 4.74. The zero-order valence-corrected chi connectivity index (χ0v) is 8.51. The van der Waals surface area contributed by atoms with E-state index in [4.69, 9.17) is 17.3 Å². The highest BCUT2D eigenvalue weighted by atomic mass is 35.5. The minimum atomic E-state index is -0.117. The van der Waals surface area contributed by atoms with E-state index in [9.17, 15) is 0 Å². The second-order valence-electron chi connectivity index (χ2n) is 2.92. The zero-order chi connectivity index (χ0) is 9.84. The van der Waals surface area contributed by atoms with Crippen LogP contribution in [0.4, 0.5) is 0 Å². The Hall–Kier alpha value is -0.790. The average molecular weight is 196 g/mol. The molecule has 1 aromatic rings. The van der Waals surface area contributed by atoms with E-state index in [1.54, 1.807) is 6.08 Å². The third-order valence-corrected chi connectivity index (χ3v) is 2.48. The molecule has 1 nitrogen and oxygen atoms in total. The van der Waals surface area contributed by atoms with E-state index in [-0.39, 0.29) is 6.04 Å². The Kier molecular flexibility index (Phi) is 3.52. The van der Waals surface area contributed by atoms with Crippen LogP contribution in [0.2, 0.25) is 5.02 Å². The van der Waals surface area contributed by atoms with Crippen LogP contribution in [0.3, 0.4) is 0 Å². The molecule has 0 aromatic heterocycles.